The van der Waals surface area contributed by atoms with Crippen molar-refractivity contribution >= 4 is 11.7 Å². The minimum atomic E-state index is -4.24. The summed E-state index contributed by atoms with van der Waals surface area (Å²) in [5.74, 6) is -1.39. The van der Waals surface area contributed by atoms with Crippen molar-refractivity contribution in [3.8, 4) is 0 Å². The van der Waals surface area contributed by atoms with Crippen LogP contribution in [0.15, 0.2) is 65.7 Å². The van der Waals surface area contributed by atoms with Crippen molar-refractivity contribution in [1.29, 1.82) is 0 Å². The molecule has 0 N–H and O–H groups in total. The molecule has 0 heterocycles. The summed E-state index contributed by atoms with van der Waals surface area (Å²) < 4.78 is 36.7. The molecular weight excluding hydrogens is 343 g/mol. The number of carboxylic acid groups (broad SMARTS) is 1. The highest BCUT2D eigenvalue weighted by Crippen LogP contribution is 2.23. The lowest BCUT2D eigenvalue weighted by atomic mass is 10.0. The van der Waals surface area contributed by atoms with Gasteiger partial charge in [-0.15, -0.1) is 0 Å². The summed E-state index contributed by atoms with van der Waals surface area (Å²) in [5.41, 5.74) is 1.96. The first-order valence-electron chi connectivity index (χ1n) is 8.33. The largest absolute Gasteiger partial charge is 0.548 e. The van der Waals surface area contributed by atoms with Crippen LogP contribution in [0, 0.1) is 0 Å². The average Bonchev–Trinajstić information content (AvgIpc) is 2.61. The van der Waals surface area contributed by atoms with Crippen LogP contribution in [0.1, 0.15) is 36.8 Å². The predicted octanol–water partition coefficient (Wildman–Crippen LogP) is 3.77. The van der Waals surface area contributed by atoms with Crippen molar-refractivity contribution in [3.63, 3.8) is 0 Å². The van der Waals surface area contributed by atoms with Gasteiger partial charge >= 0.3 is 6.18 Å². The topological polar surface area (TPSA) is 52.5 Å². The second-order valence-electron chi connectivity index (χ2n) is 5.91. The lowest BCUT2D eigenvalue weighted by Crippen LogP contribution is -2.35. The molecule has 0 aliphatic carbocycles. The maximum atomic E-state index is 12.2. The Morgan fingerprint density at radius 3 is 1.85 bits per heavy atom. The van der Waals surface area contributed by atoms with Crippen LogP contribution in [-0.2, 0) is 4.79 Å². The summed E-state index contributed by atoms with van der Waals surface area (Å²) in [6.07, 6.45) is -5.19. The summed E-state index contributed by atoms with van der Waals surface area (Å²) in [4.78, 5) is 15.8. The molecule has 0 saturated heterocycles. The van der Waals surface area contributed by atoms with Crippen LogP contribution in [-0.4, -0.2) is 23.9 Å². The molecule has 2 rings (SSSR count). The first-order valence-corrected chi connectivity index (χ1v) is 8.33. The molecule has 1 unspecified atom stereocenters. The number of hydrogen-bond acceptors (Lipinski definition) is 3. The summed E-state index contributed by atoms with van der Waals surface area (Å²) in [5, 5.41) is 11.4. The van der Waals surface area contributed by atoms with Crippen molar-refractivity contribution in [1.82, 2.24) is 0 Å². The molecular formula is C20H19F3NO2-. The third kappa shape index (κ3) is 6.35. The number of aliphatic imine (C=N–C) groups is 1. The van der Waals surface area contributed by atoms with Gasteiger partial charge in [-0.2, -0.15) is 13.2 Å². The van der Waals surface area contributed by atoms with E-state index in [0.29, 0.717) is 5.71 Å². The molecule has 0 aromatic heterocycles. The monoisotopic (exact) mass is 362 g/mol. The van der Waals surface area contributed by atoms with Gasteiger partial charge in [0.05, 0.1) is 17.7 Å². The third-order valence-corrected chi connectivity index (χ3v) is 3.84. The van der Waals surface area contributed by atoms with Gasteiger partial charge in [0, 0.05) is 17.5 Å². The van der Waals surface area contributed by atoms with E-state index in [-0.39, 0.29) is 19.3 Å². The van der Waals surface area contributed by atoms with Crippen molar-refractivity contribution in [2.45, 2.75) is 37.9 Å². The Hall–Kier alpha value is -2.63. The Bertz CT molecular complexity index is 686. The standard InChI is InChI=1S/C20H20F3NO2/c21-20(22,23)14-8-7-13-17(19(25)26)24-18(15-9-3-1-4-10-15)16-11-5-2-6-12-16/h1-6,9-12,17H,7-8,13-14H2,(H,25,26)/p-1. The smallest absolute Gasteiger partial charge is 0.389 e. The van der Waals surface area contributed by atoms with Crippen LogP contribution < -0.4 is 5.11 Å². The Morgan fingerprint density at radius 1 is 0.923 bits per heavy atom. The lowest BCUT2D eigenvalue weighted by molar-refractivity contribution is -0.307. The molecule has 0 aliphatic heterocycles. The maximum absolute atomic E-state index is 12.2. The van der Waals surface area contributed by atoms with Gasteiger partial charge in [0.25, 0.3) is 0 Å². The number of carboxylic acids is 1. The van der Waals surface area contributed by atoms with Crippen LogP contribution in [0.25, 0.3) is 0 Å². The third-order valence-electron chi connectivity index (χ3n) is 3.84. The number of hydrogen-bond donors (Lipinski definition) is 0. The number of alkyl halides is 3. The second-order valence-corrected chi connectivity index (χ2v) is 5.91. The maximum Gasteiger partial charge on any atom is 0.389 e. The number of aliphatic carboxylic acids is 1. The molecule has 0 saturated carbocycles. The molecule has 0 radical (unpaired) electrons. The van der Waals surface area contributed by atoms with Gasteiger partial charge in [0.15, 0.2) is 0 Å². The van der Waals surface area contributed by atoms with Gasteiger partial charge < -0.3 is 9.90 Å². The van der Waals surface area contributed by atoms with Crippen molar-refractivity contribution in [3.05, 3.63) is 71.8 Å². The van der Waals surface area contributed by atoms with E-state index in [1.54, 1.807) is 0 Å². The zero-order valence-electron chi connectivity index (χ0n) is 14.1. The van der Waals surface area contributed by atoms with Crippen molar-refractivity contribution < 1.29 is 23.1 Å². The van der Waals surface area contributed by atoms with Gasteiger partial charge in [0.2, 0.25) is 0 Å². The quantitative estimate of drug-likeness (QED) is 0.530. The van der Waals surface area contributed by atoms with E-state index in [1.807, 2.05) is 60.7 Å². The van der Waals surface area contributed by atoms with Gasteiger partial charge in [-0.05, 0) is 12.8 Å². The van der Waals surface area contributed by atoms with E-state index in [0.717, 1.165) is 11.1 Å². The van der Waals surface area contributed by atoms with Crippen LogP contribution in [0.3, 0.4) is 0 Å². The normalized spacial score (nSPS) is 12.4. The number of carbonyl (C=O) groups excluding carboxylic acids is 1. The summed E-state index contributed by atoms with van der Waals surface area (Å²) in [7, 11) is 0. The van der Waals surface area contributed by atoms with Crippen LogP contribution in [0.4, 0.5) is 13.2 Å². The van der Waals surface area contributed by atoms with Gasteiger partial charge in [-0.3, -0.25) is 4.99 Å². The van der Waals surface area contributed by atoms with E-state index < -0.39 is 24.6 Å². The molecule has 0 amide bonds. The number of rotatable bonds is 8. The van der Waals surface area contributed by atoms with E-state index in [1.165, 1.54) is 0 Å². The summed E-state index contributed by atoms with van der Waals surface area (Å²) in [6.45, 7) is 0. The number of nitrogens with zero attached hydrogens (tertiary/aromatic N) is 1. The Morgan fingerprint density at radius 2 is 1.42 bits per heavy atom. The minimum absolute atomic E-state index is 0.00157. The number of carbonyl (C=O) groups is 1. The average molecular weight is 362 g/mol. The van der Waals surface area contributed by atoms with E-state index in [2.05, 4.69) is 4.99 Å². The number of benzene rings is 2. The second kappa shape index (κ2) is 9.17. The first-order chi connectivity index (χ1) is 12.4. The highest BCUT2D eigenvalue weighted by atomic mass is 19.4. The fraction of sp³-hybridized carbons (Fsp3) is 0.300. The molecule has 26 heavy (non-hydrogen) atoms. The predicted molar refractivity (Wildman–Crippen MR) is 91.8 cm³/mol. The summed E-state index contributed by atoms with van der Waals surface area (Å²) >= 11 is 0. The molecule has 0 bridgehead atoms. The number of unbranched alkanes of at least 4 members (excludes halogenated alkanes) is 1. The zero-order valence-corrected chi connectivity index (χ0v) is 14.1. The molecule has 6 heteroatoms. The highest BCUT2D eigenvalue weighted by molar-refractivity contribution is 6.13. The van der Waals surface area contributed by atoms with Crippen molar-refractivity contribution in [2.24, 2.45) is 4.99 Å². The fourth-order valence-corrected chi connectivity index (χ4v) is 2.56. The van der Waals surface area contributed by atoms with E-state index in [4.69, 9.17) is 0 Å². The van der Waals surface area contributed by atoms with Crippen LogP contribution in [0.5, 0.6) is 0 Å². The van der Waals surface area contributed by atoms with Gasteiger partial charge in [0.1, 0.15) is 0 Å². The zero-order chi connectivity index (χ0) is 19.0. The lowest BCUT2D eigenvalue weighted by Gasteiger charge is -2.17. The van der Waals surface area contributed by atoms with E-state index >= 15 is 0 Å². The Kier molecular flexibility index (Phi) is 6.95. The van der Waals surface area contributed by atoms with Crippen molar-refractivity contribution in [2.75, 3.05) is 0 Å². The first kappa shape index (κ1) is 19.7. The van der Waals surface area contributed by atoms with Crippen LogP contribution in [0.2, 0.25) is 0 Å². The molecule has 138 valence electrons. The Labute approximate surface area is 150 Å². The molecule has 0 spiro atoms. The van der Waals surface area contributed by atoms with Gasteiger partial charge in [-0.25, -0.2) is 0 Å². The number of halogens is 3. The Balaban J connectivity index is 2.23. The molecule has 2 aromatic rings. The molecule has 1 atom stereocenters. The van der Waals surface area contributed by atoms with E-state index in [9.17, 15) is 23.1 Å². The SMILES string of the molecule is O=C([O-])C(CCCCC(F)(F)F)N=C(c1ccccc1)c1ccccc1. The molecule has 2 aromatic carbocycles. The fourth-order valence-electron chi connectivity index (χ4n) is 2.56. The molecule has 0 aliphatic rings. The molecule has 0 fully saturated rings. The summed E-state index contributed by atoms with van der Waals surface area (Å²) in [6, 6.07) is 16.9. The van der Waals surface area contributed by atoms with Gasteiger partial charge in [-0.1, -0.05) is 67.1 Å². The highest BCUT2D eigenvalue weighted by Gasteiger charge is 2.26. The minimum Gasteiger partial charge on any atom is -0.548 e. The van der Waals surface area contributed by atoms with Crippen LogP contribution >= 0.6 is 0 Å². The molecule has 3 nitrogen and oxygen atoms in total.